The van der Waals surface area contributed by atoms with Crippen LogP contribution < -0.4 is 0 Å². The first kappa shape index (κ1) is 32.6. The number of fused-ring (bicyclic) bond motifs is 3. The summed E-state index contributed by atoms with van der Waals surface area (Å²) in [4.78, 5) is 15.5. The summed E-state index contributed by atoms with van der Waals surface area (Å²) in [7, 11) is 0. The van der Waals surface area contributed by atoms with Gasteiger partial charge in [-0.3, -0.25) is 0 Å². The maximum absolute atomic E-state index is 5.23. The number of aromatic nitrogens is 3. The van der Waals surface area contributed by atoms with Crippen LogP contribution in [0.5, 0.6) is 0 Å². The van der Waals surface area contributed by atoms with Crippen molar-refractivity contribution >= 4 is 31.5 Å². The molecular formula is C51H33N3S. The molecule has 10 aromatic rings. The average Bonchev–Trinajstić information content (AvgIpc) is 3.66. The van der Waals surface area contributed by atoms with E-state index in [1.54, 1.807) is 0 Å². The smallest absolute Gasteiger partial charge is 0.164 e. The first-order valence-electron chi connectivity index (χ1n) is 18.4. The molecule has 0 aliphatic heterocycles. The molecule has 10 rings (SSSR count). The minimum absolute atomic E-state index is 0.635. The van der Waals surface area contributed by atoms with E-state index in [-0.39, 0.29) is 0 Å². The zero-order valence-corrected chi connectivity index (χ0v) is 30.6. The van der Waals surface area contributed by atoms with E-state index in [1.165, 1.54) is 48.0 Å². The van der Waals surface area contributed by atoms with Crippen molar-refractivity contribution in [2.75, 3.05) is 0 Å². The van der Waals surface area contributed by atoms with Crippen molar-refractivity contribution in [3.8, 4) is 78.7 Å². The lowest BCUT2D eigenvalue weighted by Crippen LogP contribution is -2.01. The molecule has 0 unspecified atom stereocenters. The van der Waals surface area contributed by atoms with E-state index in [0.29, 0.717) is 17.5 Å². The lowest BCUT2D eigenvalue weighted by molar-refractivity contribution is 1.07. The van der Waals surface area contributed by atoms with Crippen LogP contribution in [0.1, 0.15) is 0 Å². The quantitative estimate of drug-likeness (QED) is 0.165. The molecule has 0 saturated carbocycles. The predicted octanol–water partition coefficient (Wildman–Crippen LogP) is 13.9. The summed E-state index contributed by atoms with van der Waals surface area (Å²) >= 11 is 1.86. The molecule has 0 fully saturated rings. The van der Waals surface area contributed by atoms with Crippen molar-refractivity contribution in [2.24, 2.45) is 0 Å². The molecule has 0 spiro atoms. The van der Waals surface area contributed by atoms with Crippen molar-refractivity contribution in [1.29, 1.82) is 0 Å². The molecule has 3 nitrogen and oxygen atoms in total. The van der Waals surface area contributed by atoms with Crippen LogP contribution in [0, 0.1) is 0 Å². The van der Waals surface area contributed by atoms with Crippen molar-refractivity contribution in [3.05, 3.63) is 200 Å². The maximum atomic E-state index is 5.23. The van der Waals surface area contributed by atoms with Gasteiger partial charge in [0.05, 0.1) is 0 Å². The third-order valence-electron chi connectivity index (χ3n) is 10.2. The van der Waals surface area contributed by atoms with Crippen LogP contribution in [-0.4, -0.2) is 15.0 Å². The van der Waals surface area contributed by atoms with E-state index < -0.39 is 0 Å². The fraction of sp³-hybridized carbons (Fsp3) is 0. The lowest BCUT2D eigenvalue weighted by atomic mass is 9.93. The van der Waals surface area contributed by atoms with Gasteiger partial charge >= 0.3 is 0 Å². The Balaban J connectivity index is 1.20. The second kappa shape index (κ2) is 14.1. The highest BCUT2D eigenvalue weighted by Crippen LogP contribution is 2.47. The molecule has 258 valence electrons. The largest absolute Gasteiger partial charge is 0.208 e. The van der Waals surface area contributed by atoms with E-state index in [0.717, 1.165) is 33.4 Å². The molecule has 2 heterocycles. The van der Waals surface area contributed by atoms with Gasteiger partial charge in [-0.15, -0.1) is 11.3 Å². The third kappa shape index (κ3) is 6.19. The normalized spacial score (nSPS) is 11.3. The van der Waals surface area contributed by atoms with E-state index >= 15 is 0 Å². The van der Waals surface area contributed by atoms with Gasteiger partial charge in [0.15, 0.2) is 17.5 Å². The number of hydrogen-bond donors (Lipinski definition) is 0. The molecule has 55 heavy (non-hydrogen) atoms. The summed E-state index contributed by atoms with van der Waals surface area (Å²) < 4.78 is 2.51. The van der Waals surface area contributed by atoms with E-state index in [9.17, 15) is 0 Å². The molecule has 0 aliphatic carbocycles. The molecule has 0 saturated heterocycles. The van der Waals surface area contributed by atoms with E-state index in [2.05, 4.69) is 176 Å². The van der Waals surface area contributed by atoms with Crippen molar-refractivity contribution in [3.63, 3.8) is 0 Å². The minimum atomic E-state index is 0.635. The van der Waals surface area contributed by atoms with Gasteiger partial charge in [0.2, 0.25) is 0 Å². The van der Waals surface area contributed by atoms with Crippen LogP contribution in [0.15, 0.2) is 200 Å². The van der Waals surface area contributed by atoms with Gasteiger partial charge < -0.3 is 0 Å². The molecule has 0 radical (unpaired) electrons. The monoisotopic (exact) mass is 719 g/mol. The van der Waals surface area contributed by atoms with Crippen molar-refractivity contribution < 1.29 is 0 Å². The number of hydrogen-bond acceptors (Lipinski definition) is 4. The standard InChI is InChI=1S/C51H33N3S/c1-5-16-34(17-6-1)36-28-30-39(31-29-36)50-52-49(38-22-11-4-12-23-38)53-51(54-50)44-25-14-13-24-42(44)45-32-40(35-18-7-2-8-19-35)33-46-43-27-15-26-41(47(43)55-48(45)46)37-20-9-3-10-21-37/h1-33H. The molecule has 0 amide bonds. The molecule has 0 N–H and O–H groups in total. The minimum Gasteiger partial charge on any atom is -0.208 e. The van der Waals surface area contributed by atoms with Crippen LogP contribution in [0.2, 0.25) is 0 Å². The number of nitrogens with zero attached hydrogens (tertiary/aromatic N) is 3. The van der Waals surface area contributed by atoms with Gasteiger partial charge in [-0.2, -0.15) is 0 Å². The summed E-state index contributed by atoms with van der Waals surface area (Å²) in [5.41, 5.74) is 12.2. The molecule has 8 aromatic carbocycles. The number of thiophene rings is 1. The molecule has 0 atom stereocenters. The second-order valence-electron chi connectivity index (χ2n) is 13.6. The summed E-state index contributed by atoms with van der Waals surface area (Å²) in [5, 5.41) is 2.49. The highest BCUT2D eigenvalue weighted by molar-refractivity contribution is 7.26. The van der Waals surface area contributed by atoms with E-state index in [1.807, 2.05) is 35.6 Å². The van der Waals surface area contributed by atoms with E-state index in [4.69, 9.17) is 15.0 Å². The average molecular weight is 720 g/mol. The fourth-order valence-electron chi connectivity index (χ4n) is 7.44. The Bertz CT molecular complexity index is 2940. The van der Waals surface area contributed by atoms with Gasteiger partial charge in [0, 0.05) is 42.4 Å². The molecule has 0 bridgehead atoms. The van der Waals surface area contributed by atoms with Gasteiger partial charge in [-0.1, -0.05) is 188 Å². The zero-order chi connectivity index (χ0) is 36.6. The Morgan fingerprint density at radius 1 is 0.255 bits per heavy atom. The topological polar surface area (TPSA) is 38.7 Å². The fourth-order valence-corrected chi connectivity index (χ4v) is 8.79. The lowest BCUT2D eigenvalue weighted by Gasteiger charge is -2.14. The Morgan fingerprint density at radius 3 is 1.33 bits per heavy atom. The number of benzene rings is 8. The van der Waals surface area contributed by atoms with Crippen molar-refractivity contribution in [1.82, 2.24) is 15.0 Å². The summed E-state index contributed by atoms with van der Waals surface area (Å²) in [6.07, 6.45) is 0. The van der Waals surface area contributed by atoms with Gasteiger partial charge in [0.25, 0.3) is 0 Å². The second-order valence-corrected chi connectivity index (χ2v) is 14.6. The highest BCUT2D eigenvalue weighted by Gasteiger charge is 2.20. The molecule has 0 aliphatic rings. The number of rotatable bonds is 7. The Morgan fingerprint density at radius 2 is 0.691 bits per heavy atom. The first-order valence-corrected chi connectivity index (χ1v) is 19.3. The molecule has 4 heteroatoms. The van der Waals surface area contributed by atoms with Gasteiger partial charge in [0.1, 0.15) is 0 Å². The van der Waals surface area contributed by atoms with Crippen LogP contribution in [0.25, 0.3) is 98.8 Å². The SMILES string of the molecule is c1ccc(-c2ccc(-c3nc(-c4ccccc4)nc(-c4ccccc4-c4cc(-c5ccccc5)cc5c4sc4c(-c6ccccc6)cccc45)n3)cc2)cc1. The summed E-state index contributed by atoms with van der Waals surface area (Å²) in [6, 6.07) is 70.4. The first-order chi connectivity index (χ1) is 27.3. The van der Waals surface area contributed by atoms with Crippen LogP contribution >= 0.6 is 11.3 Å². The van der Waals surface area contributed by atoms with Crippen LogP contribution in [0.4, 0.5) is 0 Å². The highest BCUT2D eigenvalue weighted by atomic mass is 32.1. The van der Waals surface area contributed by atoms with Gasteiger partial charge in [-0.25, -0.2) is 15.0 Å². The molecule has 2 aromatic heterocycles. The molecular weight excluding hydrogens is 687 g/mol. The Kier molecular flexibility index (Phi) is 8.36. The summed E-state index contributed by atoms with van der Waals surface area (Å²) in [6.45, 7) is 0. The van der Waals surface area contributed by atoms with Crippen LogP contribution in [0.3, 0.4) is 0 Å². The Labute approximate surface area is 323 Å². The third-order valence-corrected chi connectivity index (χ3v) is 11.5. The maximum Gasteiger partial charge on any atom is 0.164 e. The zero-order valence-electron chi connectivity index (χ0n) is 29.8. The van der Waals surface area contributed by atoms with Gasteiger partial charge in [-0.05, 0) is 51.1 Å². The Hall–Kier alpha value is -7.01. The predicted molar refractivity (Wildman–Crippen MR) is 231 cm³/mol. The summed E-state index contributed by atoms with van der Waals surface area (Å²) in [5.74, 6) is 1.91. The van der Waals surface area contributed by atoms with Crippen molar-refractivity contribution in [2.45, 2.75) is 0 Å². The van der Waals surface area contributed by atoms with Crippen LogP contribution in [-0.2, 0) is 0 Å².